The van der Waals surface area contributed by atoms with E-state index in [1.165, 1.54) is 12.1 Å². The zero-order chi connectivity index (χ0) is 27.1. The monoisotopic (exact) mass is 512 g/mol. The van der Waals surface area contributed by atoms with Crippen LogP contribution in [0.5, 0.6) is 0 Å². The summed E-state index contributed by atoms with van der Waals surface area (Å²) in [6.07, 6.45) is 1.23. The van der Waals surface area contributed by atoms with Crippen molar-refractivity contribution in [2.45, 2.75) is 71.8 Å². The standard InChI is InChI=1S/C27H33FN4O5/c1-4-32-23(10-9-21(33)11-22(34)12-24(35)36)25(18-5-7-19(28)8-6-18)17(3)26(32)27(37)31-15-20-14-29-16(2)13-30-20/h5-8,13-14,21-22,33-34H,4,9-12,15H2,1-3H3,(H,31,37)(H,35,36)/t21-,22-/m1/s1. The fourth-order valence-corrected chi connectivity index (χ4v) is 4.49. The van der Waals surface area contributed by atoms with Crippen molar-refractivity contribution in [2.75, 3.05) is 0 Å². The lowest BCUT2D eigenvalue weighted by Crippen LogP contribution is -2.27. The van der Waals surface area contributed by atoms with Gasteiger partial charge in [-0.25, -0.2) is 4.39 Å². The van der Waals surface area contributed by atoms with E-state index in [2.05, 4.69) is 15.3 Å². The number of aromatic nitrogens is 3. The van der Waals surface area contributed by atoms with Crippen LogP contribution in [0.2, 0.25) is 0 Å². The van der Waals surface area contributed by atoms with E-state index in [1.807, 2.05) is 25.3 Å². The molecule has 9 nitrogen and oxygen atoms in total. The second-order valence-corrected chi connectivity index (χ2v) is 9.06. The predicted octanol–water partition coefficient (Wildman–Crippen LogP) is 3.17. The molecule has 3 aromatic rings. The number of hydrogen-bond acceptors (Lipinski definition) is 6. The average molecular weight is 513 g/mol. The fourth-order valence-electron chi connectivity index (χ4n) is 4.49. The maximum atomic E-state index is 13.7. The Bertz CT molecular complexity index is 1230. The molecule has 0 radical (unpaired) electrons. The minimum atomic E-state index is -1.16. The fraction of sp³-hybridized carbons (Fsp3) is 0.407. The smallest absolute Gasteiger partial charge is 0.305 e. The summed E-state index contributed by atoms with van der Waals surface area (Å²) in [5.41, 5.74) is 4.87. The molecule has 0 aliphatic heterocycles. The summed E-state index contributed by atoms with van der Waals surface area (Å²) in [5, 5.41) is 32.1. The van der Waals surface area contributed by atoms with Crippen LogP contribution in [0.15, 0.2) is 36.7 Å². The summed E-state index contributed by atoms with van der Waals surface area (Å²) in [4.78, 5) is 32.6. The molecule has 0 aliphatic carbocycles. The number of benzene rings is 1. The number of nitrogens with one attached hydrogen (secondary N) is 1. The molecule has 4 N–H and O–H groups in total. The molecule has 2 heterocycles. The van der Waals surface area contributed by atoms with E-state index in [0.717, 1.165) is 28.1 Å². The number of carboxylic acids is 1. The number of aliphatic hydroxyl groups is 2. The second kappa shape index (κ2) is 12.6. The maximum Gasteiger partial charge on any atom is 0.305 e. The van der Waals surface area contributed by atoms with E-state index in [1.54, 1.807) is 24.5 Å². The van der Waals surface area contributed by atoms with Crippen LogP contribution < -0.4 is 5.32 Å². The summed E-state index contributed by atoms with van der Waals surface area (Å²) in [5.74, 6) is -1.81. The molecule has 0 fully saturated rings. The Morgan fingerprint density at radius 2 is 1.78 bits per heavy atom. The van der Waals surface area contributed by atoms with Crippen LogP contribution in [-0.4, -0.2) is 53.9 Å². The topological polar surface area (TPSA) is 138 Å². The summed E-state index contributed by atoms with van der Waals surface area (Å²) in [7, 11) is 0. The normalized spacial score (nSPS) is 12.8. The minimum absolute atomic E-state index is 0.0745. The van der Waals surface area contributed by atoms with Crippen LogP contribution in [0.4, 0.5) is 4.39 Å². The van der Waals surface area contributed by atoms with E-state index in [-0.39, 0.29) is 31.1 Å². The van der Waals surface area contributed by atoms with Crippen molar-refractivity contribution < 1.29 is 29.3 Å². The Hall–Kier alpha value is -3.63. The molecule has 2 aromatic heterocycles. The quantitative estimate of drug-likeness (QED) is 0.292. The van der Waals surface area contributed by atoms with Gasteiger partial charge in [-0.05, 0) is 63.3 Å². The number of carbonyl (C=O) groups is 2. The average Bonchev–Trinajstić information content (AvgIpc) is 3.13. The maximum absolute atomic E-state index is 13.7. The highest BCUT2D eigenvalue weighted by Gasteiger charge is 2.26. The zero-order valence-electron chi connectivity index (χ0n) is 21.2. The molecule has 0 aliphatic rings. The first-order valence-corrected chi connectivity index (χ1v) is 12.2. The first kappa shape index (κ1) is 27.9. The van der Waals surface area contributed by atoms with Crippen LogP contribution in [-0.2, 0) is 24.3 Å². The number of nitrogens with zero attached hydrogens (tertiary/aromatic N) is 3. The number of carboxylic acid groups (broad SMARTS) is 1. The van der Waals surface area contributed by atoms with Gasteiger partial charge in [0.15, 0.2) is 0 Å². The molecule has 3 rings (SSSR count). The van der Waals surface area contributed by atoms with Gasteiger partial charge in [0.2, 0.25) is 0 Å². The first-order chi connectivity index (χ1) is 17.6. The molecule has 0 bridgehead atoms. The zero-order valence-corrected chi connectivity index (χ0v) is 21.2. The number of amides is 1. The van der Waals surface area contributed by atoms with Gasteiger partial charge in [0.25, 0.3) is 5.91 Å². The number of aliphatic carboxylic acids is 1. The number of halogens is 1. The Labute approximate surface area is 215 Å². The number of aliphatic hydroxyl groups excluding tert-OH is 2. The molecular formula is C27H33FN4O5. The van der Waals surface area contributed by atoms with Gasteiger partial charge >= 0.3 is 5.97 Å². The third kappa shape index (κ3) is 7.21. The third-order valence-corrected chi connectivity index (χ3v) is 6.21. The molecule has 0 saturated carbocycles. The Morgan fingerprint density at radius 3 is 2.38 bits per heavy atom. The second-order valence-electron chi connectivity index (χ2n) is 9.06. The van der Waals surface area contributed by atoms with Gasteiger partial charge in [0.05, 0.1) is 42.8 Å². The highest BCUT2D eigenvalue weighted by atomic mass is 19.1. The van der Waals surface area contributed by atoms with Crippen LogP contribution in [0.25, 0.3) is 11.1 Å². The number of carbonyl (C=O) groups excluding carboxylic acids is 1. The Balaban J connectivity index is 1.91. The van der Waals surface area contributed by atoms with E-state index in [9.17, 15) is 24.2 Å². The predicted molar refractivity (Wildman–Crippen MR) is 135 cm³/mol. The van der Waals surface area contributed by atoms with Gasteiger partial charge in [0, 0.05) is 24.0 Å². The van der Waals surface area contributed by atoms with Crippen molar-refractivity contribution in [3.05, 3.63) is 70.8 Å². The van der Waals surface area contributed by atoms with Crippen molar-refractivity contribution in [1.29, 1.82) is 0 Å². The Kier molecular flexibility index (Phi) is 9.48. The SMILES string of the molecule is CCn1c(CC[C@@H](O)C[C@@H](O)CC(=O)O)c(-c2ccc(F)cc2)c(C)c1C(=O)NCc1cnc(C)cn1. The lowest BCUT2D eigenvalue weighted by molar-refractivity contribution is -0.139. The summed E-state index contributed by atoms with van der Waals surface area (Å²) in [6.45, 7) is 6.24. The molecule has 0 spiro atoms. The van der Waals surface area contributed by atoms with Crippen molar-refractivity contribution in [1.82, 2.24) is 19.9 Å². The largest absolute Gasteiger partial charge is 0.481 e. The molecule has 0 saturated heterocycles. The number of aryl methyl sites for hydroxylation is 1. The van der Waals surface area contributed by atoms with Gasteiger partial charge in [-0.3, -0.25) is 19.6 Å². The van der Waals surface area contributed by atoms with Gasteiger partial charge in [-0.2, -0.15) is 0 Å². The van der Waals surface area contributed by atoms with Crippen molar-refractivity contribution in [2.24, 2.45) is 0 Å². The van der Waals surface area contributed by atoms with Gasteiger partial charge in [0.1, 0.15) is 11.5 Å². The van der Waals surface area contributed by atoms with Crippen LogP contribution in [0.1, 0.15) is 59.3 Å². The number of rotatable bonds is 12. The Morgan fingerprint density at radius 1 is 1.08 bits per heavy atom. The van der Waals surface area contributed by atoms with Gasteiger partial charge < -0.3 is 25.2 Å². The van der Waals surface area contributed by atoms with E-state index >= 15 is 0 Å². The number of hydrogen-bond donors (Lipinski definition) is 4. The third-order valence-electron chi connectivity index (χ3n) is 6.21. The van der Waals surface area contributed by atoms with E-state index < -0.39 is 24.6 Å². The van der Waals surface area contributed by atoms with Crippen LogP contribution in [0.3, 0.4) is 0 Å². The summed E-state index contributed by atoms with van der Waals surface area (Å²) in [6, 6.07) is 6.01. The lowest BCUT2D eigenvalue weighted by atomic mass is 9.97. The molecule has 1 amide bonds. The molecule has 198 valence electrons. The molecule has 37 heavy (non-hydrogen) atoms. The van der Waals surface area contributed by atoms with Crippen LogP contribution in [0, 0.1) is 19.7 Å². The van der Waals surface area contributed by atoms with E-state index in [0.29, 0.717) is 24.4 Å². The van der Waals surface area contributed by atoms with E-state index in [4.69, 9.17) is 5.11 Å². The van der Waals surface area contributed by atoms with Crippen LogP contribution >= 0.6 is 0 Å². The summed E-state index contributed by atoms with van der Waals surface area (Å²) >= 11 is 0. The first-order valence-electron chi connectivity index (χ1n) is 12.2. The molecule has 2 atom stereocenters. The molecule has 1 aromatic carbocycles. The summed E-state index contributed by atoms with van der Waals surface area (Å²) < 4.78 is 15.5. The highest BCUT2D eigenvalue weighted by Crippen LogP contribution is 2.34. The van der Waals surface area contributed by atoms with Gasteiger partial charge in [-0.15, -0.1) is 0 Å². The lowest BCUT2D eigenvalue weighted by Gasteiger charge is -2.17. The highest BCUT2D eigenvalue weighted by molar-refractivity contribution is 5.97. The van der Waals surface area contributed by atoms with Gasteiger partial charge in [-0.1, -0.05) is 12.1 Å². The molecular weight excluding hydrogens is 479 g/mol. The van der Waals surface area contributed by atoms with Crippen molar-refractivity contribution >= 4 is 11.9 Å². The van der Waals surface area contributed by atoms with Crippen molar-refractivity contribution in [3.63, 3.8) is 0 Å². The van der Waals surface area contributed by atoms with Crippen molar-refractivity contribution in [3.8, 4) is 11.1 Å². The molecule has 0 unspecified atom stereocenters. The minimum Gasteiger partial charge on any atom is -0.481 e. The molecule has 10 heteroatoms.